The smallest absolute Gasteiger partial charge is 0.334 e. The molecule has 0 spiro atoms. The Morgan fingerprint density at radius 2 is 2.00 bits per heavy atom. The fourth-order valence-corrected chi connectivity index (χ4v) is 1.88. The van der Waals surface area contributed by atoms with Gasteiger partial charge in [-0.2, -0.15) is 0 Å². The van der Waals surface area contributed by atoms with Gasteiger partial charge in [0, 0.05) is 7.05 Å². The van der Waals surface area contributed by atoms with Crippen molar-refractivity contribution in [1.82, 2.24) is 10.4 Å². The zero-order valence-corrected chi connectivity index (χ0v) is 13.0. The zero-order chi connectivity index (χ0) is 15.6. The number of carbonyl (C=O) groups excluding carboxylic acids is 2. The van der Waals surface area contributed by atoms with E-state index in [0.717, 1.165) is 0 Å². The number of ether oxygens (including phenoxy) is 2. The van der Waals surface area contributed by atoms with Crippen LogP contribution in [-0.2, 0) is 23.9 Å². The first-order chi connectivity index (χ1) is 9.07. The molecule has 1 N–H and O–H groups in total. The van der Waals surface area contributed by atoms with Crippen molar-refractivity contribution >= 4 is 11.9 Å². The molecule has 1 heterocycles. The quantitative estimate of drug-likeness (QED) is 0.757. The van der Waals surface area contributed by atoms with E-state index in [9.17, 15) is 9.59 Å². The summed E-state index contributed by atoms with van der Waals surface area (Å²) in [5.41, 5.74) is -1.35. The number of hydroxylamine groups is 2. The summed E-state index contributed by atoms with van der Waals surface area (Å²) < 4.78 is 10.7. The molecule has 1 amide bonds. The number of hydrogen-bond donors (Lipinski definition) is 1. The summed E-state index contributed by atoms with van der Waals surface area (Å²) in [4.78, 5) is 28.8. The lowest BCUT2D eigenvalue weighted by atomic mass is 10.2. The normalized spacial score (nSPS) is 22.6. The summed E-state index contributed by atoms with van der Waals surface area (Å²) >= 11 is 0. The van der Waals surface area contributed by atoms with E-state index in [2.05, 4.69) is 5.32 Å². The molecule has 1 aliphatic rings. The monoisotopic (exact) mass is 288 g/mol. The number of nitrogens with one attached hydrogen (secondary N) is 1. The van der Waals surface area contributed by atoms with Crippen LogP contribution in [-0.4, -0.2) is 54.6 Å². The molecule has 0 saturated carbocycles. The molecule has 7 heteroatoms. The Balaban J connectivity index is 2.62. The molecule has 0 aromatic carbocycles. The molecule has 0 aromatic heterocycles. The molecule has 1 unspecified atom stereocenters. The average molecular weight is 288 g/mol. The van der Waals surface area contributed by atoms with Crippen LogP contribution in [0.15, 0.2) is 0 Å². The summed E-state index contributed by atoms with van der Waals surface area (Å²) in [7, 11) is 1.54. The van der Waals surface area contributed by atoms with Crippen LogP contribution in [0.3, 0.4) is 0 Å². The Labute approximate surface area is 119 Å². The predicted octanol–water partition coefficient (Wildman–Crippen LogP) is 0.443. The van der Waals surface area contributed by atoms with Gasteiger partial charge in [-0.3, -0.25) is 9.63 Å². The van der Waals surface area contributed by atoms with Gasteiger partial charge in [0.1, 0.15) is 17.4 Å². The fraction of sp³-hybridized carbons (Fsp3) is 0.846. The maximum atomic E-state index is 11.8. The number of nitrogens with zero attached hydrogens (tertiary/aromatic N) is 1. The molecule has 0 aliphatic carbocycles. The summed E-state index contributed by atoms with van der Waals surface area (Å²) in [6, 6.07) is -0.586. The minimum atomic E-state index is -0.779. The number of hydrogen-bond acceptors (Lipinski definition) is 6. The van der Waals surface area contributed by atoms with Crippen LogP contribution in [0, 0.1) is 0 Å². The van der Waals surface area contributed by atoms with Crippen LogP contribution in [0.5, 0.6) is 0 Å². The minimum absolute atomic E-state index is 0.209. The van der Waals surface area contributed by atoms with Crippen molar-refractivity contribution in [3.05, 3.63) is 0 Å². The van der Waals surface area contributed by atoms with E-state index in [1.807, 2.05) is 0 Å². The van der Waals surface area contributed by atoms with Crippen molar-refractivity contribution in [1.29, 1.82) is 0 Å². The van der Waals surface area contributed by atoms with Gasteiger partial charge in [0.05, 0.1) is 6.61 Å². The third-order valence-corrected chi connectivity index (χ3v) is 2.70. The number of amides is 1. The lowest BCUT2D eigenvalue weighted by Gasteiger charge is -2.31. The topological polar surface area (TPSA) is 77.1 Å². The van der Waals surface area contributed by atoms with E-state index in [1.165, 1.54) is 5.06 Å². The van der Waals surface area contributed by atoms with E-state index in [0.29, 0.717) is 0 Å². The molecule has 0 bridgehead atoms. The SMILES string of the molecule is CNC(=O)C1COC(C)(C)N1OCC(=O)OC(C)(C)C. The van der Waals surface area contributed by atoms with Crippen LogP contribution in [0.1, 0.15) is 34.6 Å². The van der Waals surface area contributed by atoms with Gasteiger partial charge in [0.25, 0.3) is 0 Å². The van der Waals surface area contributed by atoms with E-state index < -0.39 is 23.3 Å². The zero-order valence-electron chi connectivity index (χ0n) is 13.0. The Morgan fingerprint density at radius 3 is 2.50 bits per heavy atom. The largest absolute Gasteiger partial charge is 0.458 e. The summed E-state index contributed by atoms with van der Waals surface area (Å²) in [5.74, 6) is -0.712. The van der Waals surface area contributed by atoms with Crippen molar-refractivity contribution in [2.24, 2.45) is 0 Å². The molecule has 1 atom stereocenters. The van der Waals surface area contributed by atoms with Crippen LogP contribution in [0.4, 0.5) is 0 Å². The van der Waals surface area contributed by atoms with Crippen LogP contribution >= 0.6 is 0 Å². The number of rotatable bonds is 4. The van der Waals surface area contributed by atoms with Gasteiger partial charge in [-0.05, 0) is 34.6 Å². The second-order valence-electron chi connectivity index (χ2n) is 6.07. The van der Waals surface area contributed by atoms with Gasteiger partial charge < -0.3 is 14.8 Å². The molecule has 1 rings (SSSR count). The number of esters is 1. The highest BCUT2D eigenvalue weighted by Crippen LogP contribution is 2.27. The van der Waals surface area contributed by atoms with Crippen molar-refractivity contribution in [3.8, 4) is 0 Å². The van der Waals surface area contributed by atoms with Crippen molar-refractivity contribution in [3.63, 3.8) is 0 Å². The Morgan fingerprint density at radius 1 is 1.40 bits per heavy atom. The van der Waals surface area contributed by atoms with Gasteiger partial charge in [0.15, 0.2) is 6.61 Å². The molecule has 0 radical (unpaired) electrons. The maximum absolute atomic E-state index is 11.8. The van der Waals surface area contributed by atoms with E-state index in [-0.39, 0.29) is 19.1 Å². The third kappa shape index (κ3) is 4.43. The molecule has 116 valence electrons. The van der Waals surface area contributed by atoms with E-state index in [1.54, 1.807) is 41.7 Å². The molecule has 20 heavy (non-hydrogen) atoms. The second kappa shape index (κ2) is 6.07. The van der Waals surface area contributed by atoms with Crippen LogP contribution in [0.2, 0.25) is 0 Å². The molecule has 1 fully saturated rings. The Hall–Kier alpha value is -1.18. The highest BCUT2D eigenvalue weighted by Gasteiger charge is 2.45. The summed E-state index contributed by atoms with van der Waals surface area (Å²) in [5, 5.41) is 3.94. The first-order valence-corrected chi connectivity index (χ1v) is 6.56. The Kier molecular flexibility index (Phi) is 5.12. The highest BCUT2D eigenvalue weighted by molar-refractivity contribution is 5.81. The van der Waals surface area contributed by atoms with Crippen molar-refractivity contribution < 1.29 is 23.9 Å². The summed E-state index contributed by atoms with van der Waals surface area (Å²) in [6.07, 6.45) is 0. The van der Waals surface area contributed by atoms with Gasteiger partial charge in [-0.15, -0.1) is 5.06 Å². The predicted molar refractivity (Wildman–Crippen MR) is 71.5 cm³/mol. The highest BCUT2D eigenvalue weighted by atomic mass is 16.7. The van der Waals surface area contributed by atoms with Crippen LogP contribution < -0.4 is 5.32 Å². The van der Waals surface area contributed by atoms with Crippen molar-refractivity contribution in [2.75, 3.05) is 20.3 Å². The minimum Gasteiger partial charge on any atom is -0.458 e. The summed E-state index contributed by atoms with van der Waals surface area (Å²) in [6.45, 7) is 8.82. The molecule has 1 saturated heterocycles. The van der Waals surface area contributed by atoms with Gasteiger partial charge in [-0.1, -0.05) is 0 Å². The second-order valence-corrected chi connectivity index (χ2v) is 6.07. The number of likely N-dealkylation sites (N-methyl/N-ethyl adjacent to an activating group) is 1. The molecular formula is C13H24N2O5. The molecule has 1 aliphatic heterocycles. The van der Waals surface area contributed by atoms with Crippen LogP contribution in [0.25, 0.3) is 0 Å². The van der Waals surface area contributed by atoms with Gasteiger partial charge >= 0.3 is 5.97 Å². The Bertz CT molecular complexity index is 375. The van der Waals surface area contributed by atoms with E-state index in [4.69, 9.17) is 14.3 Å². The number of carbonyl (C=O) groups is 2. The standard InChI is InChI=1S/C13H24N2O5/c1-12(2,3)20-10(16)8-19-15-9(11(17)14-6)7-18-13(15,4)5/h9H,7-8H2,1-6H3,(H,14,17). The van der Waals surface area contributed by atoms with Crippen molar-refractivity contribution in [2.45, 2.75) is 52.0 Å². The fourth-order valence-electron chi connectivity index (χ4n) is 1.88. The maximum Gasteiger partial charge on any atom is 0.334 e. The third-order valence-electron chi connectivity index (χ3n) is 2.70. The first-order valence-electron chi connectivity index (χ1n) is 6.56. The first kappa shape index (κ1) is 16.9. The molecule has 0 aromatic rings. The average Bonchev–Trinajstić information content (AvgIpc) is 2.58. The molecule has 7 nitrogen and oxygen atoms in total. The molecular weight excluding hydrogens is 264 g/mol. The lowest BCUT2D eigenvalue weighted by Crippen LogP contribution is -2.50. The lowest BCUT2D eigenvalue weighted by molar-refractivity contribution is -0.258. The van der Waals surface area contributed by atoms with E-state index >= 15 is 0 Å². The van der Waals surface area contributed by atoms with Gasteiger partial charge in [-0.25, -0.2) is 4.79 Å². The van der Waals surface area contributed by atoms with Gasteiger partial charge in [0.2, 0.25) is 5.91 Å².